The van der Waals surface area contributed by atoms with Gasteiger partial charge in [-0.1, -0.05) is 22.0 Å². The summed E-state index contributed by atoms with van der Waals surface area (Å²) in [5.74, 6) is 1.21. The molecule has 3 aromatic carbocycles. The fourth-order valence-electron chi connectivity index (χ4n) is 4.53. The van der Waals surface area contributed by atoms with Crippen LogP contribution in [0, 0.1) is 11.7 Å². The summed E-state index contributed by atoms with van der Waals surface area (Å²) in [4.78, 5) is 23.6. The summed E-state index contributed by atoms with van der Waals surface area (Å²) in [6.45, 7) is 2.75. The van der Waals surface area contributed by atoms with E-state index in [4.69, 9.17) is 9.47 Å². The van der Waals surface area contributed by atoms with Gasteiger partial charge in [-0.2, -0.15) is 0 Å². The first-order valence-corrected chi connectivity index (χ1v) is 13.5. The maximum absolute atomic E-state index is 15.1. The number of nitrogens with zero attached hydrogens (tertiary/aromatic N) is 3. The highest BCUT2D eigenvalue weighted by molar-refractivity contribution is 9.10. The minimum absolute atomic E-state index is 0.206. The highest BCUT2D eigenvalue weighted by Crippen LogP contribution is 2.36. The highest BCUT2D eigenvalue weighted by atomic mass is 79.9. The number of carbonyl (C=O) groups excluding carboxylic acids is 1. The van der Waals surface area contributed by atoms with Crippen molar-refractivity contribution in [1.29, 1.82) is 0 Å². The van der Waals surface area contributed by atoms with Crippen molar-refractivity contribution >= 4 is 49.9 Å². The molecule has 8 nitrogen and oxygen atoms in total. The molecule has 202 valence electrons. The maximum Gasteiger partial charge on any atom is 0.255 e. The number of likely N-dealkylation sites (tertiary alicyclic amines) is 1. The minimum Gasteiger partial charge on any atom is -0.493 e. The van der Waals surface area contributed by atoms with Gasteiger partial charge in [0.05, 0.1) is 24.9 Å². The predicted octanol–water partition coefficient (Wildman–Crippen LogP) is 6.26. The van der Waals surface area contributed by atoms with Crippen LogP contribution < -0.4 is 20.1 Å². The molecule has 10 heteroatoms. The van der Waals surface area contributed by atoms with Gasteiger partial charge in [0, 0.05) is 27.2 Å². The van der Waals surface area contributed by atoms with Gasteiger partial charge in [0.2, 0.25) is 0 Å². The average molecular weight is 594 g/mol. The Kier molecular flexibility index (Phi) is 8.23. The van der Waals surface area contributed by atoms with Crippen molar-refractivity contribution < 1.29 is 18.7 Å². The van der Waals surface area contributed by atoms with Gasteiger partial charge in [-0.3, -0.25) is 4.79 Å². The van der Waals surface area contributed by atoms with Crippen LogP contribution in [0.15, 0.2) is 65.4 Å². The van der Waals surface area contributed by atoms with Gasteiger partial charge in [-0.05, 0) is 81.4 Å². The Morgan fingerprint density at radius 1 is 1.10 bits per heavy atom. The third-order valence-corrected chi connectivity index (χ3v) is 7.29. The van der Waals surface area contributed by atoms with Crippen LogP contribution in [0.2, 0.25) is 0 Å². The van der Waals surface area contributed by atoms with Crippen molar-refractivity contribution in [2.45, 2.75) is 12.8 Å². The van der Waals surface area contributed by atoms with E-state index in [1.54, 1.807) is 43.5 Å². The third kappa shape index (κ3) is 6.46. The Labute approximate surface area is 234 Å². The number of aromatic nitrogens is 2. The molecule has 1 fully saturated rings. The van der Waals surface area contributed by atoms with E-state index in [1.807, 2.05) is 12.1 Å². The van der Waals surface area contributed by atoms with Crippen LogP contribution >= 0.6 is 15.9 Å². The molecule has 1 aliphatic rings. The molecule has 2 heterocycles. The maximum atomic E-state index is 15.1. The fourth-order valence-corrected chi connectivity index (χ4v) is 4.93. The van der Waals surface area contributed by atoms with E-state index in [0.717, 1.165) is 30.4 Å². The second-order valence-electron chi connectivity index (χ2n) is 9.58. The first kappa shape index (κ1) is 26.8. The molecule has 1 amide bonds. The number of hydrogen-bond donors (Lipinski definition) is 2. The number of methoxy groups -OCH3 is 1. The lowest BCUT2D eigenvalue weighted by molar-refractivity contribution is 0.102. The summed E-state index contributed by atoms with van der Waals surface area (Å²) in [5.41, 5.74) is 1.65. The molecule has 0 aliphatic carbocycles. The molecule has 1 saturated heterocycles. The summed E-state index contributed by atoms with van der Waals surface area (Å²) in [7, 11) is 3.72. The van der Waals surface area contributed by atoms with Gasteiger partial charge in [-0.15, -0.1) is 0 Å². The van der Waals surface area contributed by atoms with Crippen LogP contribution in [-0.2, 0) is 0 Å². The number of carbonyl (C=O) groups is 1. The topological polar surface area (TPSA) is 88.6 Å². The number of anilines is 3. The van der Waals surface area contributed by atoms with Crippen molar-refractivity contribution in [3.05, 3.63) is 76.8 Å². The van der Waals surface area contributed by atoms with Crippen LogP contribution in [0.5, 0.6) is 11.5 Å². The van der Waals surface area contributed by atoms with Gasteiger partial charge in [0.25, 0.3) is 5.91 Å². The summed E-state index contributed by atoms with van der Waals surface area (Å²) in [6.07, 6.45) is 3.61. The largest absolute Gasteiger partial charge is 0.493 e. The predicted molar refractivity (Wildman–Crippen MR) is 154 cm³/mol. The molecule has 0 spiro atoms. The molecule has 0 atom stereocenters. The Bertz CT molecular complexity index is 1490. The molecule has 0 bridgehead atoms. The number of rotatable bonds is 8. The molecule has 5 rings (SSSR count). The summed E-state index contributed by atoms with van der Waals surface area (Å²) in [5, 5.41) is 6.43. The van der Waals surface area contributed by atoms with E-state index in [2.05, 4.69) is 48.5 Å². The number of halogens is 2. The number of fused-ring (bicyclic) bond motifs is 1. The molecule has 1 aromatic heterocycles. The summed E-state index contributed by atoms with van der Waals surface area (Å²) < 4.78 is 27.6. The Morgan fingerprint density at radius 2 is 1.92 bits per heavy atom. The molecule has 39 heavy (non-hydrogen) atoms. The van der Waals surface area contributed by atoms with E-state index in [9.17, 15) is 4.79 Å². The normalized spacial score (nSPS) is 14.3. The quantitative estimate of drug-likeness (QED) is 0.249. The number of ether oxygens (including phenoxy) is 2. The number of hydrogen-bond acceptors (Lipinski definition) is 7. The first-order valence-electron chi connectivity index (χ1n) is 12.7. The van der Waals surface area contributed by atoms with Gasteiger partial charge >= 0.3 is 0 Å². The molecule has 0 unspecified atom stereocenters. The molecule has 2 N–H and O–H groups in total. The zero-order valence-electron chi connectivity index (χ0n) is 21.7. The van der Waals surface area contributed by atoms with Gasteiger partial charge in [0.1, 0.15) is 18.0 Å². The number of benzene rings is 3. The lowest BCUT2D eigenvalue weighted by Gasteiger charge is -2.28. The van der Waals surface area contributed by atoms with E-state index >= 15 is 4.39 Å². The molecule has 0 saturated carbocycles. The Balaban J connectivity index is 1.32. The van der Waals surface area contributed by atoms with Crippen LogP contribution in [0.4, 0.5) is 21.6 Å². The second-order valence-corrected chi connectivity index (χ2v) is 10.5. The van der Waals surface area contributed by atoms with Crippen molar-refractivity contribution in [1.82, 2.24) is 14.9 Å². The standard InChI is InChI=1S/C29H29BrFN5O3/c1-36-10-8-18(9-11-36)16-39-27-15-25-22(14-26(27)38-2)28(33-17-32-25)35-24-7-6-21(13-23(24)31)34-29(37)19-4-3-5-20(30)12-19/h3-7,12-15,17-18H,8-11,16H2,1-2H3,(H,34,37)(H,32,33,35). The van der Waals surface area contributed by atoms with Crippen molar-refractivity contribution in [2.75, 3.05) is 44.5 Å². The second kappa shape index (κ2) is 12.0. The van der Waals surface area contributed by atoms with E-state index in [0.29, 0.717) is 52.0 Å². The van der Waals surface area contributed by atoms with Crippen molar-refractivity contribution in [3.8, 4) is 11.5 Å². The third-order valence-electron chi connectivity index (χ3n) is 6.80. The first-order chi connectivity index (χ1) is 18.9. The highest BCUT2D eigenvalue weighted by Gasteiger charge is 2.19. The van der Waals surface area contributed by atoms with Crippen molar-refractivity contribution in [3.63, 3.8) is 0 Å². The van der Waals surface area contributed by atoms with E-state index in [-0.39, 0.29) is 11.6 Å². The number of nitrogens with one attached hydrogen (secondary N) is 2. The summed E-state index contributed by atoms with van der Waals surface area (Å²) in [6, 6.07) is 15.0. The molecule has 1 aliphatic heterocycles. The fraction of sp³-hybridized carbons (Fsp3) is 0.276. The van der Waals surface area contributed by atoms with Crippen molar-refractivity contribution in [2.24, 2.45) is 5.92 Å². The lowest BCUT2D eigenvalue weighted by atomic mass is 9.98. The van der Waals surface area contributed by atoms with Crippen LogP contribution in [0.25, 0.3) is 10.9 Å². The minimum atomic E-state index is -0.543. The molecular weight excluding hydrogens is 565 g/mol. The van der Waals surface area contributed by atoms with Gasteiger partial charge in [-0.25, -0.2) is 14.4 Å². The van der Waals surface area contributed by atoms with Crippen LogP contribution in [0.1, 0.15) is 23.2 Å². The Hall–Kier alpha value is -3.76. The Morgan fingerprint density at radius 3 is 2.67 bits per heavy atom. The van der Waals surface area contributed by atoms with Crippen LogP contribution in [0.3, 0.4) is 0 Å². The van der Waals surface area contributed by atoms with Gasteiger partial charge in [0.15, 0.2) is 11.5 Å². The monoisotopic (exact) mass is 593 g/mol. The zero-order valence-corrected chi connectivity index (χ0v) is 23.3. The van der Waals surface area contributed by atoms with Crippen LogP contribution in [-0.4, -0.2) is 54.6 Å². The summed E-state index contributed by atoms with van der Waals surface area (Å²) >= 11 is 3.35. The molecule has 4 aromatic rings. The van der Waals surface area contributed by atoms with E-state index in [1.165, 1.54) is 12.4 Å². The van der Waals surface area contributed by atoms with E-state index < -0.39 is 5.82 Å². The van der Waals surface area contributed by atoms with Gasteiger partial charge < -0.3 is 25.0 Å². The lowest BCUT2D eigenvalue weighted by Crippen LogP contribution is -2.32. The molecular formula is C29H29BrFN5O3. The average Bonchev–Trinajstić information content (AvgIpc) is 2.94. The number of piperidine rings is 1. The smallest absolute Gasteiger partial charge is 0.255 e. The number of amides is 1. The SMILES string of the molecule is COc1cc2c(Nc3ccc(NC(=O)c4cccc(Br)c4)cc3F)ncnc2cc1OCC1CCN(C)CC1. The zero-order chi connectivity index (χ0) is 27.4. The molecule has 0 radical (unpaired) electrons.